The van der Waals surface area contributed by atoms with Crippen LogP contribution in [0.2, 0.25) is 0 Å². The van der Waals surface area contributed by atoms with E-state index in [0.29, 0.717) is 17.7 Å². The number of phenols is 1. The van der Waals surface area contributed by atoms with E-state index in [1.807, 2.05) is 41.5 Å². The molecule has 2 heterocycles. The summed E-state index contributed by atoms with van der Waals surface area (Å²) in [7, 11) is 1.67. The Hall–Kier alpha value is -2.52. The van der Waals surface area contributed by atoms with E-state index in [1.165, 1.54) is 12.8 Å². The molecule has 0 aromatic heterocycles. The number of likely N-dealkylation sites (tertiary alicyclic amines) is 1. The smallest absolute Gasteiger partial charge is 0.324 e. The fraction of sp³-hybridized carbons (Fsp3) is 0.758. The first kappa shape index (κ1) is 29.5. The molecule has 1 aromatic carbocycles. The fourth-order valence-electron chi connectivity index (χ4n) is 8.28. The zero-order valence-electron chi connectivity index (χ0n) is 26.2. The van der Waals surface area contributed by atoms with Crippen LogP contribution in [0.5, 0.6) is 17.2 Å². The van der Waals surface area contributed by atoms with E-state index in [-0.39, 0.29) is 29.7 Å². The van der Waals surface area contributed by atoms with Gasteiger partial charge < -0.3 is 24.1 Å². The average molecular weight is 585 g/mol. The van der Waals surface area contributed by atoms with Crippen molar-refractivity contribution >= 4 is 11.9 Å². The van der Waals surface area contributed by atoms with Crippen LogP contribution in [0.3, 0.4) is 0 Å². The molecule has 9 heteroatoms. The number of aromatic hydroxyl groups is 1. The third-order valence-electron chi connectivity index (χ3n) is 9.83. The molecular weight excluding hydrogens is 536 g/mol. The summed E-state index contributed by atoms with van der Waals surface area (Å²) in [5.41, 5.74) is 0.571. The number of carbonyl (C=O) groups is 2. The van der Waals surface area contributed by atoms with Crippen molar-refractivity contribution in [3.63, 3.8) is 0 Å². The van der Waals surface area contributed by atoms with E-state index in [1.54, 1.807) is 13.2 Å². The lowest BCUT2D eigenvalue weighted by Gasteiger charge is -2.60. The molecule has 2 bridgehead atoms. The van der Waals surface area contributed by atoms with Crippen molar-refractivity contribution in [1.29, 1.82) is 0 Å². The summed E-state index contributed by atoms with van der Waals surface area (Å²) in [5, 5.41) is 14.7. The summed E-state index contributed by atoms with van der Waals surface area (Å²) in [6.07, 6.45) is 5.76. The van der Waals surface area contributed by atoms with Crippen LogP contribution in [0.15, 0.2) is 6.07 Å². The number of methoxy groups -OCH3 is 1. The molecule has 0 amide bonds. The highest BCUT2D eigenvalue weighted by atomic mass is 16.6. The van der Waals surface area contributed by atoms with Crippen molar-refractivity contribution in [3.05, 3.63) is 17.2 Å². The Morgan fingerprint density at radius 2 is 1.83 bits per heavy atom. The highest BCUT2D eigenvalue weighted by molar-refractivity contribution is 5.83. The van der Waals surface area contributed by atoms with E-state index in [4.69, 9.17) is 18.9 Å². The van der Waals surface area contributed by atoms with Gasteiger partial charge in [-0.05, 0) is 98.4 Å². The number of nitrogens with one attached hydrogen (secondary N) is 1. The number of phenolic OH excluding ortho intramolecular Hbond substituents is 1. The van der Waals surface area contributed by atoms with Gasteiger partial charge in [0.2, 0.25) is 0 Å². The van der Waals surface area contributed by atoms with Crippen LogP contribution in [-0.2, 0) is 30.9 Å². The Labute approximate surface area is 249 Å². The molecule has 0 unspecified atom stereocenters. The van der Waals surface area contributed by atoms with Gasteiger partial charge in [0.15, 0.2) is 11.5 Å². The van der Waals surface area contributed by atoms with Crippen LogP contribution in [0.25, 0.3) is 0 Å². The van der Waals surface area contributed by atoms with Crippen molar-refractivity contribution in [1.82, 2.24) is 10.2 Å². The van der Waals surface area contributed by atoms with Crippen molar-refractivity contribution < 1.29 is 33.6 Å². The first-order valence-electron chi connectivity index (χ1n) is 15.7. The van der Waals surface area contributed by atoms with Gasteiger partial charge in [-0.15, -0.1) is 0 Å². The second-order valence-electron chi connectivity index (χ2n) is 15.2. The summed E-state index contributed by atoms with van der Waals surface area (Å²) in [6, 6.07) is 0.964. The minimum Gasteiger partial charge on any atom is -0.504 e. The maximum absolute atomic E-state index is 13.5. The Kier molecular flexibility index (Phi) is 7.24. The van der Waals surface area contributed by atoms with Gasteiger partial charge in [-0.2, -0.15) is 0 Å². The van der Waals surface area contributed by atoms with Gasteiger partial charge in [0.05, 0.1) is 13.5 Å². The summed E-state index contributed by atoms with van der Waals surface area (Å²) >= 11 is 0. The van der Waals surface area contributed by atoms with E-state index in [9.17, 15) is 14.7 Å². The van der Waals surface area contributed by atoms with Gasteiger partial charge in [-0.1, -0.05) is 0 Å². The highest BCUT2D eigenvalue weighted by Gasteiger charge is 2.66. The number of rotatable bonds is 8. The SMILES string of the molecule is COc1cc(O)c2c3c1C[C@@H]1[C@@H]4CC[C@H](N[C@@H](CC(=O)OC(C)(C)C)C(=O)OC(C)(C)C)[C@H](O2)[C@]34CCN1CC1CC1. The van der Waals surface area contributed by atoms with Gasteiger partial charge in [-0.25, -0.2) is 0 Å². The normalized spacial score (nSPS) is 30.6. The predicted octanol–water partition coefficient (Wildman–Crippen LogP) is 4.25. The van der Waals surface area contributed by atoms with Gasteiger partial charge in [0, 0.05) is 41.2 Å². The first-order chi connectivity index (χ1) is 19.7. The van der Waals surface area contributed by atoms with Crippen LogP contribution >= 0.6 is 0 Å². The van der Waals surface area contributed by atoms with Gasteiger partial charge in [0.1, 0.15) is 29.1 Å². The molecule has 1 spiro atoms. The van der Waals surface area contributed by atoms with Gasteiger partial charge in [0.25, 0.3) is 0 Å². The average Bonchev–Trinajstić information content (AvgIpc) is 3.62. The number of hydrogen-bond acceptors (Lipinski definition) is 9. The number of esters is 2. The second-order valence-corrected chi connectivity index (χ2v) is 15.2. The third kappa shape index (κ3) is 5.25. The van der Waals surface area contributed by atoms with Gasteiger partial charge in [-0.3, -0.25) is 19.8 Å². The van der Waals surface area contributed by atoms with Crippen LogP contribution in [0, 0.1) is 11.8 Å². The summed E-state index contributed by atoms with van der Waals surface area (Å²) < 4.78 is 24.0. The molecule has 2 aliphatic heterocycles. The molecule has 5 aliphatic rings. The van der Waals surface area contributed by atoms with Gasteiger partial charge >= 0.3 is 11.9 Å². The largest absolute Gasteiger partial charge is 0.504 e. The molecule has 42 heavy (non-hydrogen) atoms. The van der Waals surface area contributed by atoms with E-state index >= 15 is 0 Å². The number of piperidine rings is 1. The third-order valence-corrected chi connectivity index (χ3v) is 9.83. The summed E-state index contributed by atoms with van der Waals surface area (Å²) in [6.45, 7) is 13.1. The molecule has 6 atom stereocenters. The molecule has 9 nitrogen and oxygen atoms in total. The zero-order valence-corrected chi connectivity index (χ0v) is 26.2. The quantitative estimate of drug-likeness (QED) is 0.434. The molecule has 2 N–H and O–H groups in total. The minimum atomic E-state index is -0.888. The number of hydrogen-bond donors (Lipinski definition) is 2. The Bertz CT molecular complexity index is 1250. The molecule has 3 aliphatic carbocycles. The van der Waals surface area contributed by atoms with Crippen LogP contribution in [-0.4, -0.2) is 77.6 Å². The lowest BCUT2D eigenvalue weighted by atomic mass is 9.51. The first-order valence-corrected chi connectivity index (χ1v) is 15.7. The standard InChI is InChI=1S/C33H48N2O7/c1-31(2,3)41-26(37)15-22(30(38)42-32(4,5)6)34-21-11-10-20-23-14-19-25(39-7)16-24(36)28-27(19)33(20,29(21)40-28)12-13-35(23)17-18-8-9-18/h16,18,20-23,29,34,36H,8-15,17H2,1-7H3/t20-,21-,22-,23+,29-,33-/m0/s1. The van der Waals surface area contributed by atoms with Crippen molar-refractivity contribution in [2.75, 3.05) is 20.2 Å². The predicted molar refractivity (Wildman–Crippen MR) is 157 cm³/mol. The Balaban J connectivity index is 1.34. The van der Waals surface area contributed by atoms with Crippen LogP contribution in [0.4, 0.5) is 0 Å². The minimum absolute atomic E-state index is 0.100. The molecule has 232 valence electrons. The monoisotopic (exact) mass is 584 g/mol. The lowest BCUT2D eigenvalue weighted by Crippen LogP contribution is -2.69. The molecule has 0 radical (unpaired) electrons. The Morgan fingerprint density at radius 3 is 2.48 bits per heavy atom. The van der Waals surface area contributed by atoms with E-state index < -0.39 is 29.2 Å². The van der Waals surface area contributed by atoms with Crippen molar-refractivity contribution in [2.45, 2.75) is 127 Å². The van der Waals surface area contributed by atoms with Crippen LogP contribution < -0.4 is 14.8 Å². The molecular formula is C33H48N2O7. The molecule has 3 fully saturated rings. The topological polar surface area (TPSA) is 107 Å². The number of ether oxygens (including phenoxy) is 4. The maximum Gasteiger partial charge on any atom is 0.324 e. The van der Waals surface area contributed by atoms with Crippen molar-refractivity contribution in [2.24, 2.45) is 11.8 Å². The summed E-state index contributed by atoms with van der Waals surface area (Å²) in [5.74, 6) is 1.62. The zero-order chi connectivity index (χ0) is 30.2. The molecule has 6 rings (SSSR count). The summed E-state index contributed by atoms with van der Waals surface area (Å²) in [4.78, 5) is 29.1. The van der Waals surface area contributed by atoms with E-state index in [2.05, 4.69) is 10.2 Å². The Morgan fingerprint density at radius 1 is 1.12 bits per heavy atom. The van der Waals surface area contributed by atoms with Crippen molar-refractivity contribution in [3.8, 4) is 17.2 Å². The molecule has 1 saturated heterocycles. The fourth-order valence-corrected chi connectivity index (χ4v) is 8.28. The lowest BCUT2D eigenvalue weighted by molar-refractivity contribution is -0.165. The second kappa shape index (κ2) is 10.3. The maximum atomic E-state index is 13.5. The molecule has 1 aromatic rings. The molecule has 2 saturated carbocycles. The van der Waals surface area contributed by atoms with Crippen LogP contribution in [0.1, 0.15) is 91.2 Å². The number of benzene rings is 1. The van der Waals surface area contributed by atoms with E-state index in [0.717, 1.165) is 61.6 Å². The highest BCUT2D eigenvalue weighted by Crippen LogP contribution is 2.65. The number of nitrogens with zero attached hydrogens (tertiary/aromatic N) is 1. The number of carbonyl (C=O) groups excluding carboxylic acids is 2.